The van der Waals surface area contributed by atoms with E-state index in [1.165, 1.54) is 4.90 Å². The molecule has 5 atom stereocenters. The maximum Gasteiger partial charge on any atom is 0.319 e. The first-order chi connectivity index (χ1) is 11.5. The van der Waals surface area contributed by atoms with Gasteiger partial charge in [-0.2, -0.15) is 0 Å². The number of rotatable bonds is 5. The summed E-state index contributed by atoms with van der Waals surface area (Å²) in [7, 11) is 0. The van der Waals surface area contributed by atoms with Crippen molar-refractivity contribution in [1.82, 2.24) is 10.2 Å². The van der Waals surface area contributed by atoms with E-state index in [0.717, 1.165) is 32.1 Å². The molecule has 0 spiro atoms. The number of nitrogens with one attached hydrogen (secondary N) is 1. The van der Waals surface area contributed by atoms with E-state index in [4.69, 9.17) is 16.3 Å². The second kappa shape index (κ2) is 9.17. The zero-order valence-electron chi connectivity index (χ0n) is 13.6. The number of aliphatic hydroxyl groups is 4. The number of amides is 2. The fourth-order valence-corrected chi connectivity index (χ4v) is 3.50. The summed E-state index contributed by atoms with van der Waals surface area (Å²) in [6, 6.07) is -0.581. The summed E-state index contributed by atoms with van der Waals surface area (Å²) in [4.78, 5) is 14.0. The van der Waals surface area contributed by atoms with Gasteiger partial charge in [-0.05, 0) is 12.8 Å². The van der Waals surface area contributed by atoms with Crippen LogP contribution < -0.4 is 5.32 Å². The normalized spacial score (nSPS) is 34.8. The number of urea groups is 1. The molecule has 0 aromatic heterocycles. The van der Waals surface area contributed by atoms with Crippen molar-refractivity contribution >= 4 is 17.6 Å². The van der Waals surface area contributed by atoms with Crippen LogP contribution in [0, 0.1) is 0 Å². The van der Waals surface area contributed by atoms with Gasteiger partial charge in [0, 0.05) is 18.5 Å². The van der Waals surface area contributed by atoms with Crippen LogP contribution in [0.2, 0.25) is 0 Å². The van der Waals surface area contributed by atoms with Crippen LogP contribution in [-0.4, -0.2) is 87.1 Å². The lowest BCUT2D eigenvalue weighted by Gasteiger charge is -2.47. The molecular weight excluding hydrogens is 340 g/mol. The molecule has 0 bridgehead atoms. The molecule has 1 heterocycles. The SMILES string of the molecule is O=C(NCCCl)N(C1CCCCC1)C1O[C@H](CO)[C@H](O)[C@H](O)[C@H]1O. The molecule has 9 heteroatoms. The Hall–Kier alpha value is -0.640. The van der Waals surface area contributed by atoms with Gasteiger partial charge in [0.2, 0.25) is 0 Å². The minimum atomic E-state index is -1.51. The molecule has 8 nitrogen and oxygen atoms in total. The largest absolute Gasteiger partial charge is 0.394 e. The van der Waals surface area contributed by atoms with Crippen molar-refractivity contribution in [1.29, 1.82) is 0 Å². The van der Waals surface area contributed by atoms with Crippen LogP contribution >= 0.6 is 11.6 Å². The summed E-state index contributed by atoms with van der Waals surface area (Å²) in [5.74, 6) is 0.249. The first kappa shape index (κ1) is 19.7. The average molecular weight is 367 g/mol. The van der Waals surface area contributed by atoms with Crippen LogP contribution in [0.4, 0.5) is 4.79 Å². The predicted octanol–water partition coefficient (Wildman–Crippen LogP) is -0.631. The van der Waals surface area contributed by atoms with E-state index in [-0.39, 0.29) is 18.5 Å². The molecule has 2 amide bonds. The number of carbonyl (C=O) groups is 1. The van der Waals surface area contributed by atoms with E-state index in [0.29, 0.717) is 0 Å². The van der Waals surface area contributed by atoms with Crippen LogP contribution in [0.3, 0.4) is 0 Å². The second-order valence-electron chi connectivity index (χ2n) is 6.34. The predicted molar refractivity (Wildman–Crippen MR) is 86.6 cm³/mol. The fourth-order valence-electron chi connectivity index (χ4n) is 3.41. The highest BCUT2D eigenvalue weighted by atomic mass is 35.5. The standard InChI is InChI=1S/C15H27ClN2O6/c16-6-7-17-15(23)18(9-4-2-1-3-5-9)14-13(22)12(21)11(20)10(8-19)24-14/h9-14,19-22H,1-8H2,(H,17,23)/t10-,11+,12+,13-,14?/m1/s1. The van der Waals surface area contributed by atoms with Gasteiger partial charge < -0.3 is 30.5 Å². The molecule has 1 aliphatic heterocycles. The van der Waals surface area contributed by atoms with E-state index in [2.05, 4.69) is 5.32 Å². The molecule has 0 aromatic rings. The van der Waals surface area contributed by atoms with Gasteiger partial charge >= 0.3 is 6.03 Å². The van der Waals surface area contributed by atoms with Crippen molar-refractivity contribution < 1.29 is 30.0 Å². The van der Waals surface area contributed by atoms with Gasteiger partial charge in [-0.3, -0.25) is 4.90 Å². The Balaban J connectivity index is 2.21. The lowest BCUT2D eigenvalue weighted by atomic mass is 9.92. The summed E-state index contributed by atoms with van der Waals surface area (Å²) < 4.78 is 5.57. The van der Waals surface area contributed by atoms with E-state index >= 15 is 0 Å². The summed E-state index contributed by atoms with van der Waals surface area (Å²) >= 11 is 5.62. The Kier molecular flexibility index (Phi) is 7.52. The summed E-state index contributed by atoms with van der Waals surface area (Å²) in [6.07, 6.45) is -2.06. The summed E-state index contributed by atoms with van der Waals surface area (Å²) in [6.45, 7) is -0.260. The maximum absolute atomic E-state index is 12.6. The minimum absolute atomic E-state index is 0.143. The highest BCUT2D eigenvalue weighted by molar-refractivity contribution is 6.18. The molecule has 2 fully saturated rings. The first-order valence-electron chi connectivity index (χ1n) is 8.44. The van der Waals surface area contributed by atoms with Gasteiger partial charge in [-0.15, -0.1) is 11.6 Å². The number of carbonyl (C=O) groups excluding carboxylic acids is 1. The van der Waals surface area contributed by atoms with Crippen molar-refractivity contribution in [2.24, 2.45) is 0 Å². The maximum atomic E-state index is 12.6. The van der Waals surface area contributed by atoms with E-state index < -0.39 is 43.3 Å². The molecule has 24 heavy (non-hydrogen) atoms. The van der Waals surface area contributed by atoms with E-state index in [1.54, 1.807) is 0 Å². The molecular formula is C15H27ClN2O6. The Bertz CT molecular complexity index is 407. The van der Waals surface area contributed by atoms with Crippen LogP contribution in [-0.2, 0) is 4.74 Å². The van der Waals surface area contributed by atoms with Crippen molar-refractivity contribution in [2.75, 3.05) is 19.0 Å². The van der Waals surface area contributed by atoms with Crippen molar-refractivity contribution in [2.45, 2.75) is 68.8 Å². The number of hydrogen-bond acceptors (Lipinski definition) is 6. The monoisotopic (exact) mass is 366 g/mol. The third kappa shape index (κ3) is 4.30. The quantitative estimate of drug-likeness (QED) is 0.413. The lowest BCUT2D eigenvalue weighted by Crippen LogP contribution is -2.66. The zero-order valence-corrected chi connectivity index (χ0v) is 14.3. The molecule has 1 saturated carbocycles. The average Bonchev–Trinajstić information content (AvgIpc) is 2.61. The zero-order chi connectivity index (χ0) is 17.7. The fraction of sp³-hybridized carbons (Fsp3) is 0.933. The third-order valence-electron chi connectivity index (χ3n) is 4.71. The molecule has 2 aliphatic rings. The number of hydrogen-bond donors (Lipinski definition) is 5. The van der Waals surface area contributed by atoms with Crippen molar-refractivity contribution in [3.8, 4) is 0 Å². The van der Waals surface area contributed by atoms with Gasteiger partial charge in [-0.25, -0.2) is 4.79 Å². The smallest absolute Gasteiger partial charge is 0.319 e. The number of aliphatic hydroxyl groups excluding tert-OH is 4. The van der Waals surface area contributed by atoms with Gasteiger partial charge in [0.15, 0.2) is 6.23 Å². The topological polar surface area (TPSA) is 122 Å². The Labute approximate surface area is 146 Å². The Morgan fingerprint density at radius 1 is 1.12 bits per heavy atom. The summed E-state index contributed by atoms with van der Waals surface area (Å²) in [5.41, 5.74) is 0. The molecule has 1 unspecified atom stereocenters. The summed E-state index contributed by atoms with van der Waals surface area (Å²) in [5, 5.41) is 42.3. The highest BCUT2D eigenvalue weighted by Crippen LogP contribution is 2.30. The number of ether oxygens (including phenoxy) is 1. The highest BCUT2D eigenvalue weighted by Gasteiger charge is 2.48. The van der Waals surface area contributed by atoms with Crippen LogP contribution in [0.1, 0.15) is 32.1 Å². The van der Waals surface area contributed by atoms with Gasteiger partial charge in [0.1, 0.15) is 24.4 Å². The number of halogens is 1. The second-order valence-corrected chi connectivity index (χ2v) is 6.72. The lowest BCUT2D eigenvalue weighted by molar-refractivity contribution is -0.262. The molecule has 5 N–H and O–H groups in total. The molecule has 2 rings (SSSR count). The van der Waals surface area contributed by atoms with Gasteiger partial charge in [-0.1, -0.05) is 19.3 Å². The van der Waals surface area contributed by atoms with E-state index in [9.17, 15) is 25.2 Å². The molecule has 140 valence electrons. The number of nitrogens with zero attached hydrogens (tertiary/aromatic N) is 1. The Morgan fingerprint density at radius 3 is 2.38 bits per heavy atom. The van der Waals surface area contributed by atoms with Crippen LogP contribution in [0.5, 0.6) is 0 Å². The Morgan fingerprint density at radius 2 is 1.79 bits per heavy atom. The first-order valence-corrected chi connectivity index (χ1v) is 8.97. The van der Waals surface area contributed by atoms with Gasteiger partial charge in [0.05, 0.1) is 6.61 Å². The molecule has 1 saturated heterocycles. The van der Waals surface area contributed by atoms with E-state index in [1.807, 2.05) is 0 Å². The van der Waals surface area contributed by atoms with Gasteiger partial charge in [0.25, 0.3) is 0 Å². The molecule has 0 aromatic carbocycles. The molecule has 1 aliphatic carbocycles. The van der Waals surface area contributed by atoms with Crippen LogP contribution in [0.15, 0.2) is 0 Å². The van der Waals surface area contributed by atoms with Crippen LogP contribution in [0.25, 0.3) is 0 Å². The number of alkyl halides is 1. The van der Waals surface area contributed by atoms with Crippen molar-refractivity contribution in [3.05, 3.63) is 0 Å². The minimum Gasteiger partial charge on any atom is -0.394 e. The van der Waals surface area contributed by atoms with Crippen molar-refractivity contribution in [3.63, 3.8) is 0 Å². The molecule has 0 radical (unpaired) electrons. The third-order valence-corrected chi connectivity index (χ3v) is 4.90.